The third-order valence-electron chi connectivity index (χ3n) is 5.18. The second-order valence-corrected chi connectivity index (χ2v) is 6.97. The van der Waals surface area contributed by atoms with Crippen molar-refractivity contribution in [3.05, 3.63) is 72.6 Å². The van der Waals surface area contributed by atoms with Crippen LogP contribution >= 0.6 is 0 Å². The van der Waals surface area contributed by atoms with Crippen LogP contribution in [-0.4, -0.2) is 14.9 Å². The Bertz CT molecular complexity index is 1050. The van der Waals surface area contributed by atoms with E-state index in [1.54, 1.807) is 0 Å². The smallest absolute Gasteiger partial charge is 0.165 e. The molecule has 0 aliphatic carbocycles. The summed E-state index contributed by atoms with van der Waals surface area (Å²) in [5.74, 6) is 0.258. The molecule has 132 valence electrons. The van der Waals surface area contributed by atoms with E-state index >= 15 is 0 Å². The summed E-state index contributed by atoms with van der Waals surface area (Å²) in [7, 11) is 2.00. The van der Waals surface area contributed by atoms with Gasteiger partial charge in [-0.05, 0) is 36.4 Å². The average Bonchev–Trinajstić information content (AvgIpc) is 3.23. The highest BCUT2D eigenvalue weighted by Crippen LogP contribution is 2.22. The Hall–Kier alpha value is -2.81. The first-order chi connectivity index (χ1) is 12.7. The molecule has 4 aromatic rings. The molecular weight excluding hydrogens is 320 g/mol. The van der Waals surface area contributed by atoms with Crippen molar-refractivity contribution in [2.75, 3.05) is 0 Å². The number of nitrogens with zero attached hydrogens (tertiary/aromatic N) is 2. The maximum absolute atomic E-state index is 12.6. The molecule has 4 rings (SSSR count). The quantitative estimate of drug-likeness (QED) is 0.318. The number of aryl methyl sites for hydroxylation is 2. The van der Waals surface area contributed by atoms with Crippen molar-refractivity contribution in [1.29, 1.82) is 0 Å². The summed E-state index contributed by atoms with van der Waals surface area (Å²) >= 11 is 0. The van der Waals surface area contributed by atoms with Gasteiger partial charge in [-0.25, -0.2) is 0 Å². The van der Waals surface area contributed by atoms with Gasteiger partial charge < -0.3 is 9.13 Å². The lowest BCUT2D eigenvalue weighted by molar-refractivity contribution is 0.0980. The molecule has 2 aromatic carbocycles. The van der Waals surface area contributed by atoms with Crippen molar-refractivity contribution < 1.29 is 4.79 Å². The Morgan fingerprint density at radius 3 is 2.54 bits per heavy atom. The van der Waals surface area contributed by atoms with Gasteiger partial charge in [0.05, 0.1) is 0 Å². The van der Waals surface area contributed by atoms with E-state index < -0.39 is 0 Å². The third kappa shape index (κ3) is 3.17. The molecule has 2 aromatic heterocycles. The lowest BCUT2D eigenvalue weighted by Crippen LogP contribution is -2.00. The minimum Gasteiger partial charge on any atom is -0.350 e. The highest BCUT2D eigenvalue weighted by molar-refractivity contribution is 6.08. The average molecular weight is 344 g/mol. The number of para-hydroxylation sites is 2. The molecule has 0 aliphatic heterocycles. The Labute approximate surface area is 153 Å². The summed E-state index contributed by atoms with van der Waals surface area (Å²) in [4.78, 5) is 12.6. The van der Waals surface area contributed by atoms with Crippen LogP contribution in [0.3, 0.4) is 0 Å². The van der Waals surface area contributed by atoms with Gasteiger partial charge >= 0.3 is 0 Å². The number of carbonyl (C=O) groups is 1. The van der Waals surface area contributed by atoms with Crippen molar-refractivity contribution >= 4 is 27.6 Å². The topological polar surface area (TPSA) is 26.9 Å². The molecule has 2 heterocycles. The van der Waals surface area contributed by atoms with E-state index in [1.807, 2.05) is 36.0 Å². The van der Waals surface area contributed by atoms with Gasteiger partial charge in [0.1, 0.15) is 0 Å². The van der Waals surface area contributed by atoms with E-state index in [-0.39, 0.29) is 5.78 Å². The van der Waals surface area contributed by atoms with Crippen LogP contribution in [-0.2, 0) is 13.6 Å². The number of Topliss-reactive ketones (excluding diaryl/α,β-unsaturated/α-hetero) is 1. The van der Waals surface area contributed by atoms with Crippen LogP contribution in [0.1, 0.15) is 36.0 Å². The molecule has 0 spiro atoms. The number of hydrogen-bond acceptors (Lipinski definition) is 1. The molecule has 0 fully saturated rings. The fourth-order valence-electron chi connectivity index (χ4n) is 3.78. The molecule has 0 aliphatic rings. The maximum Gasteiger partial charge on any atom is 0.165 e. The van der Waals surface area contributed by atoms with Gasteiger partial charge in [-0.1, -0.05) is 42.8 Å². The third-order valence-corrected chi connectivity index (χ3v) is 5.18. The van der Waals surface area contributed by atoms with Gasteiger partial charge in [0.2, 0.25) is 0 Å². The van der Waals surface area contributed by atoms with Gasteiger partial charge in [0.25, 0.3) is 0 Å². The van der Waals surface area contributed by atoms with Crippen molar-refractivity contribution in [2.24, 2.45) is 7.05 Å². The lowest BCUT2D eigenvalue weighted by atomic mass is 10.0. The number of unbranched alkanes of at least 4 members (excludes halogenated alkanes) is 2. The van der Waals surface area contributed by atoms with E-state index in [0.29, 0.717) is 6.42 Å². The van der Waals surface area contributed by atoms with Crippen LogP contribution in [0, 0.1) is 0 Å². The normalized spacial score (nSPS) is 11.4. The van der Waals surface area contributed by atoms with Crippen LogP contribution < -0.4 is 0 Å². The van der Waals surface area contributed by atoms with E-state index in [2.05, 4.69) is 47.2 Å². The Morgan fingerprint density at radius 1 is 0.885 bits per heavy atom. The molecule has 0 radical (unpaired) electrons. The zero-order valence-corrected chi connectivity index (χ0v) is 15.2. The summed E-state index contributed by atoms with van der Waals surface area (Å²) in [5, 5.41) is 2.36. The molecular formula is C23H24N2O. The first-order valence-corrected chi connectivity index (χ1v) is 9.35. The SMILES string of the molecule is Cn1cc(C(=O)CCCCCn2ccc3ccccc32)c2ccccc21. The fourth-order valence-corrected chi connectivity index (χ4v) is 3.78. The van der Waals surface area contributed by atoms with E-state index in [9.17, 15) is 4.79 Å². The summed E-state index contributed by atoms with van der Waals surface area (Å²) < 4.78 is 4.35. The monoisotopic (exact) mass is 344 g/mol. The molecule has 0 amide bonds. The minimum absolute atomic E-state index is 0.258. The van der Waals surface area contributed by atoms with Crippen LogP contribution in [0.5, 0.6) is 0 Å². The largest absolute Gasteiger partial charge is 0.350 e. The van der Waals surface area contributed by atoms with Crippen molar-refractivity contribution in [3.63, 3.8) is 0 Å². The van der Waals surface area contributed by atoms with Crippen molar-refractivity contribution in [1.82, 2.24) is 9.13 Å². The summed E-state index contributed by atoms with van der Waals surface area (Å²) in [5.41, 5.74) is 3.27. The predicted octanol–water partition coefficient (Wildman–Crippen LogP) is 5.58. The highest BCUT2D eigenvalue weighted by atomic mass is 16.1. The van der Waals surface area contributed by atoms with E-state index in [4.69, 9.17) is 0 Å². The number of benzene rings is 2. The van der Waals surface area contributed by atoms with Crippen LogP contribution in [0.2, 0.25) is 0 Å². The number of ketones is 1. The maximum atomic E-state index is 12.6. The standard InChI is InChI=1S/C23H24N2O/c1-24-17-20(19-10-5-7-12-22(19)24)23(26)13-3-2-8-15-25-16-14-18-9-4-6-11-21(18)25/h4-7,9-12,14,16-17H,2-3,8,13,15H2,1H3. The molecule has 0 bridgehead atoms. The molecule has 26 heavy (non-hydrogen) atoms. The van der Waals surface area contributed by atoms with Gasteiger partial charge in [-0.2, -0.15) is 0 Å². The van der Waals surface area contributed by atoms with E-state index in [0.717, 1.165) is 42.3 Å². The van der Waals surface area contributed by atoms with E-state index in [1.165, 1.54) is 10.9 Å². The highest BCUT2D eigenvalue weighted by Gasteiger charge is 2.13. The van der Waals surface area contributed by atoms with Crippen LogP contribution in [0.15, 0.2) is 67.0 Å². The first-order valence-electron chi connectivity index (χ1n) is 9.35. The Kier molecular flexibility index (Phi) is 4.61. The summed E-state index contributed by atoms with van der Waals surface area (Å²) in [6, 6.07) is 18.8. The second kappa shape index (κ2) is 7.20. The molecule has 3 heteroatoms. The Balaban J connectivity index is 1.31. The second-order valence-electron chi connectivity index (χ2n) is 6.97. The van der Waals surface area contributed by atoms with Crippen molar-refractivity contribution in [3.8, 4) is 0 Å². The number of rotatable bonds is 7. The lowest BCUT2D eigenvalue weighted by Gasteiger charge is -2.05. The fraction of sp³-hybridized carbons (Fsp3) is 0.261. The molecule has 3 nitrogen and oxygen atoms in total. The Morgan fingerprint density at radius 2 is 1.65 bits per heavy atom. The number of carbonyl (C=O) groups excluding carboxylic acids is 1. The molecule has 0 atom stereocenters. The van der Waals surface area contributed by atoms with Crippen molar-refractivity contribution in [2.45, 2.75) is 32.2 Å². The van der Waals surface area contributed by atoms with Gasteiger partial charge in [0.15, 0.2) is 5.78 Å². The summed E-state index contributed by atoms with van der Waals surface area (Å²) in [6.45, 7) is 1.01. The molecule has 0 N–H and O–H groups in total. The molecule has 0 saturated heterocycles. The molecule has 0 saturated carbocycles. The first kappa shape index (κ1) is 16.6. The van der Waals surface area contributed by atoms with Gasteiger partial charge in [0, 0.05) is 54.4 Å². The van der Waals surface area contributed by atoms with Crippen LogP contribution in [0.4, 0.5) is 0 Å². The predicted molar refractivity (Wildman–Crippen MR) is 108 cm³/mol. The minimum atomic E-state index is 0.258. The molecule has 0 unspecified atom stereocenters. The number of fused-ring (bicyclic) bond motifs is 2. The zero-order chi connectivity index (χ0) is 17.9. The van der Waals surface area contributed by atoms with Gasteiger partial charge in [-0.15, -0.1) is 0 Å². The number of aromatic nitrogens is 2. The summed E-state index contributed by atoms with van der Waals surface area (Å²) in [6.07, 6.45) is 7.87. The zero-order valence-electron chi connectivity index (χ0n) is 15.2. The van der Waals surface area contributed by atoms with Gasteiger partial charge in [-0.3, -0.25) is 4.79 Å². The van der Waals surface area contributed by atoms with Crippen LogP contribution in [0.25, 0.3) is 21.8 Å². The number of hydrogen-bond donors (Lipinski definition) is 0.